The maximum Gasteiger partial charge on any atom is 0.165 e. The average molecular weight is 325 g/mol. The van der Waals surface area contributed by atoms with Gasteiger partial charge in [0.25, 0.3) is 0 Å². The first-order valence-electron chi connectivity index (χ1n) is 8.64. The minimum absolute atomic E-state index is 0.0936. The molecule has 4 nitrogen and oxygen atoms in total. The normalized spacial score (nSPS) is 22.0. The average Bonchev–Trinajstić information content (AvgIpc) is 2.82. The van der Waals surface area contributed by atoms with Crippen molar-refractivity contribution in [1.82, 2.24) is 5.32 Å². The second-order valence-electron chi connectivity index (χ2n) is 6.55. The summed E-state index contributed by atoms with van der Waals surface area (Å²) in [5.74, 6) is 1.65. The lowest BCUT2D eigenvalue weighted by atomic mass is 9.92. The van der Waals surface area contributed by atoms with Gasteiger partial charge in [-0.3, -0.25) is 0 Å². The number of para-hydroxylation sites is 1. The summed E-state index contributed by atoms with van der Waals surface area (Å²) in [6.07, 6.45) is 2.81. The van der Waals surface area contributed by atoms with E-state index >= 15 is 0 Å². The number of ether oxygens (including phenoxy) is 2. The van der Waals surface area contributed by atoms with Crippen LogP contribution in [0.1, 0.15) is 29.5 Å². The molecule has 126 valence electrons. The van der Waals surface area contributed by atoms with Crippen LogP contribution in [0.15, 0.2) is 42.5 Å². The Morgan fingerprint density at radius 1 is 1.04 bits per heavy atom. The van der Waals surface area contributed by atoms with Gasteiger partial charge >= 0.3 is 0 Å². The molecule has 0 amide bonds. The van der Waals surface area contributed by atoms with Gasteiger partial charge in [0.2, 0.25) is 0 Å². The summed E-state index contributed by atoms with van der Waals surface area (Å²) in [4.78, 5) is 0. The Kier molecular flexibility index (Phi) is 4.17. The molecule has 0 radical (unpaired) electrons. The Hall–Kier alpha value is -2.04. The fourth-order valence-corrected chi connectivity index (χ4v) is 3.75. The van der Waals surface area contributed by atoms with Crippen molar-refractivity contribution in [2.24, 2.45) is 0 Å². The fourth-order valence-electron chi connectivity index (χ4n) is 3.75. The van der Waals surface area contributed by atoms with E-state index in [1.54, 1.807) is 0 Å². The molecule has 2 aromatic carbocycles. The van der Waals surface area contributed by atoms with Gasteiger partial charge in [-0.1, -0.05) is 36.4 Å². The zero-order valence-corrected chi connectivity index (χ0v) is 13.8. The SMILES string of the molecule is OCC1(NCc2cccc3c2OCCCO3)CCc2ccccc21. The van der Waals surface area contributed by atoms with Crippen molar-refractivity contribution < 1.29 is 14.6 Å². The van der Waals surface area contributed by atoms with Gasteiger partial charge in [0.05, 0.1) is 25.4 Å². The molecular formula is C20H23NO3. The molecule has 2 N–H and O–H groups in total. The zero-order chi connectivity index (χ0) is 16.4. The highest BCUT2D eigenvalue weighted by molar-refractivity contribution is 5.47. The Bertz CT molecular complexity index is 731. The smallest absolute Gasteiger partial charge is 0.165 e. The van der Waals surface area contributed by atoms with Crippen LogP contribution < -0.4 is 14.8 Å². The number of aryl methyl sites for hydroxylation is 1. The summed E-state index contributed by atoms with van der Waals surface area (Å²) in [7, 11) is 0. The second kappa shape index (κ2) is 6.46. The third-order valence-electron chi connectivity index (χ3n) is 5.09. The van der Waals surface area contributed by atoms with E-state index in [9.17, 15) is 5.11 Å². The molecule has 1 atom stereocenters. The maximum absolute atomic E-state index is 10.1. The highest BCUT2D eigenvalue weighted by atomic mass is 16.5. The molecule has 4 rings (SSSR count). The van der Waals surface area contributed by atoms with Crippen molar-refractivity contribution in [3.63, 3.8) is 0 Å². The fraction of sp³-hybridized carbons (Fsp3) is 0.400. The van der Waals surface area contributed by atoms with E-state index in [2.05, 4.69) is 29.6 Å². The molecule has 0 fully saturated rings. The van der Waals surface area contributed by atoms with Gasteiger partial charge in [0, 0.05) is 18.5 Å². The molecule has 1 aliphatic heterocycles. The summed E-state index contributed by atoms with van der Waals surface area (Å²) < 4.78 is 11.7. The molecule has 2 aliphatic rings. The van der Waals surface area contributed by atoms with E-state index < -0.39 is 0 Å². The summed E-state index contributed by atoms with van der Waals surface area (Å²) >= 11 is 0. The molecule has 1 heterocycles. The monoisotopic (exact) mass is 325 g/mol. The van der Waals surface area contributed by atoms with Crippen molar-refractivity contribution in [3.8, 4) is 11.5 Å². The number of fused-ring (bicyclic) bond motifs is 2. The quantitative estimate of drug-likeness (QED) is 0.907. The van der Waals surface area contributed by atoms with E-state index in [1.807, 2.05) is 18.2 Å². The summed E-state index contributed by atoms with van der Waals surface area (Å²) in [5.41, 5.74) is 3.24. The van der Waals surface area contributed by atoms with Crippen LogP contribution in [0, 0.1) is 0 Å². The summed E-state index contributed by atoms with van der Waals surface area (Å²) in [5, 5.41) is 13.7. The number of hydrogen-bond acceptors (Lipinski definition) is 4. The Morgan fingerprint density at radius 3 is 2.83 bits per heavy atom. The molecule has 24 heavy (non-hydrogen) atoms. The molecule has 0 saturated heterocycles. The van der Waals surface area contributed by atoms with Crippen LogP contribution in [0.4, 0.5) is 0 Å². The highest BCUT2D eigenvalue weighted by Crippen LogP contribution is 2.38. The third-order valence-corrected chi connectivity index (χ3v) is 5.09. The molecule has 0 aromatic heterocycles. The number of nitrogens with one attached hydrogen (secondary N) is 1. The van der Waals surface area contributed by atoms with Crippen molar-refractivity contribution in [1.29, 1.82) is 0 Å². The molecule has 2 aromatic rings. The number of aliphatic hydroxyl groups excluding tert-OH is 1. The van der Waals surface area contributed by atoms with E-state index in [-0.39, 0.29) is 12.1 Å². The molecule has 0 bridgehead atoms. The van der Waals surface area contributed by atoms with E-state index in [0.717, 1.165) is 36.3 Å². The van der Waals surface area contributed by atoms with Crippen molar-refractivity contribution >= 4 is 0 Å². The number of aliphatic hydroxyl groups is 1. The van der Waals surface area contributed by atoms with Gasteiger partial charge in [-0.15, -0.1) is 0 Å². The number of benzene rings is 2. The van der Waals surface area contributed by atoms with Crippen LogP contribution in [0.25, 0.3) is 0 Å². The first-order chi connectivity index (χ1) is 11.8. The molecule has 0 saturated carbocycles. The van der Waals surface area contributed by atoms with Crippen LogP contribution in [-0.4, -0.2) is 24.9 Å². The van der Waals surface area contributed by atoms with Crippen molar-refractivity contribution in [3.05, 3.63) is 59.2 Å². The summed E-state index contributed by atoms with van der Waals surface area (Å²) in [6.45, 7) is 2.10. The minimum Gasteiger partial charge on any atom is -0.490 e. The van der Waals surface area contributed by atoms with Crippen LogP contribution in [-0.2, 0) is 18.5 Å². The van der Waals surface area contributed by atoms with E-state index in [0.29, 0.717) is 19.8 Å². The number of rotatable bonds is 4. The van der Waals surface area contributed by atoms with Crippen molar-refractivity contribution in [2.45, 2.75) is 31.3 Å². The van der Waals surface area contributed by atoms with Gasteiger partial charge in [-0.2, -0.15) is 0 Å². The van der Waals surface area contributed by atoms with Crippen LogP contribution >= 0.6 is 0 Å². The van der Waals surface area contributed by atoms with Gasteiger partial charge in [-0.25, -0.2) is 0 Å². The molecular weight excluding hydrogens is 302 g/mol. The van der Waals surface area contributed by atoms with Crippen molar-refractivity contribution in [2.75, 3.05) is 19.8 Å². The third kappa shape index (κ3) is 2.66. The van der Waals surface area contributed by atoms with Gasteiger partial charge in [-0.05, 0) is 30.0 Å². The molecule has 1 aliphatic carbocycles. The molecule has 0 spiro atoms. The van der Waals surface area contributed by atoms with Gasteiger partial charge < -0.3 is 19.9 Å². The predicted molar refractivity (Wildman–Crippen MR) is 92.4 cm³/mol. The number of hydrogen-bond donors (Lipinski definition) is 2. The standard InChI is InChI=1S/C20H23NO3/c22-14-20(10-9-15-5-1-2-7-17(15)20)21-13-16-6-3-8-18-19(16)24-12-4-11-23-18/h1-3,5-8,21-22H,4,9-14H2. The van der Waals surface area contributed by atoms with E-state index in [1.165, 1.54) is 11.1 Å². The van der Waals surface area contributed by atoms with Gasteiger partial charge in [0.1, 0.15) is 0 Å². The van der Waals surface area contributed by atoms with Crippen LogP contribution in [0.3, 0.4) is 0 Å². The topological polar surface area (TPSA) is 50.7 Å². The van der Waals surface area contributed by atoms with Crippen LogP contribution in [0.2, 0.25) is 0 Å². The summed E-state index contributed by atoms with van der Waals surface area (Å²) in [6, 6.07) is 14.4. The molecule has 1 unspecified atom stereocenters. The second-order valence-corrected chi connectivity index (χ2v) is 6.55. The zero-order valence-electron chi connectivity index (χ0n) is 13.8. The lowest BCUT2D eigenvalue weighted by molar-refractivity contribution is 0.158. The molecule has 4 heteroatoms. The Labute approximate surface area is 142 Å². The lowest BCUT2D eigenvalue weighted by Gasteiger charge is -2.30. The Balaban J connectivity index is 1.59. The first-order valence-corrected chi connectivity index (χ1v) is 8.64. The minimum atomic E-state index is -0.370. The maximum atomic E-state index is 10.1. The Morgan fingerprint density at radius 2 is 1.92 bits per heavy atom. The lowest BCUT2D eigenvalue weighted by Crippen LogP contribution is -2.43. The van der Waals surface area contributed by atoms with Crippen LogP contribution in [0.5, 0.6) is 11.5 Å². The largest absolute Gasteiger partial charge is 0.490 e. The predicted octanol–water partition coefficient (Wildman–Crippen LogP) is 2.77. The van der Waals surface area contributed by atoms with Gasteiger partial charge in [0.15, 0.2) is 11.5 Å². The highest BCUT2D eigenvalue weighted by Gasteiger charge is 2.37. The van der Waals surface area contributed by atoms with E-state index in [4.69, 9.17) is 9.47 Å². The first kappa shape index (κ1) is 15.5.